The second-order valence-electron chi connectivity index (χ2n) is 10.7. The lowest BCUT2D eigenvalue weighted by Crippen LogP contribution is -2.78. The van der Waals surface area contributed by atoms with Crippen LogP contribution in [0.1, 0.15) is 0 Å². The molecule has 1 aliphatic rings. The smallest absolute Gasteiger partial charge is 0.423 e. The maximum absolute atomic E-state index is 7.44. The minimum absolute atomic E-state index is 0.785. The molecule has 0 aromatic heterocycles. The topological polar surface area (TPSA) is 36.9 Å². The van der Waals surface area contributed by atoms with Crippen LogP contribution in [0, 0.1) is 0 Å². The molecule has 6 aromatic carbocycles. The summed E-state index contributed by atoms with van der Waals surface area (Å²) >= 11 is 0. The Kier molecular flexibility index (Phi) is 8.26. The third-order valence-corrected chi connectivity index (χ3v) is 14.4. The molecule has 0 aliphatic carbocycles. The highest BCUT2D eigenvalue weighted by Gasteiger charge is 2.58. The second kappa shape index (κ2) is 12.8. The van der Waals surface area contributed by atoms with Gasteiger partial charge in [0.1, 0.15) is 0 Å². The van der Waals surface area contributed by atoms with Gasteiger partial charge in [-0.25, -0.2) is 0 Å². The first kappa shape index (κ1) is 28.5. The summed E-state index contributed by atoms with van der Waals surface area (Å²) in [6.07, 6.45) is 0. The van der Waals surface area contributed by atoms with Gasteiger partial charge in [-0.15, -0.1) is 0 Å². The summed E-state index contributed by atoms with van der Waals surface area (Å²) in [7, 11) is -8.57. The Morgan fingerprint density at radius 1 is 0.273 bits per heavy atom. The zero-order valence-electron chi connectivity index (χ0n) is 24.1. The number of benzene rings is 6. The van der Waals surface area contributed by atoms with Gasteiger partial charge < -0.3 is 17.4 Å². The normalized spacial score (nSPS) is 16.1. The molecule has 7 rings (SSSR count). The lowest BCUT2D eigenvalue weighted by molar-refractivity contribution is 0.288. The van der Waals surface area contributed by atoms with Crippen LogP contribution in [0.15, 0.2) is 182 Å². The fourth-order valence-corrected chi connectivity index (χ4v) is 12.2. The molecule has 6 aromatic rings. The second-order valence-corrected chi connectivity index (χ2v) is 16.4. The molecule has 1 saturated heterocycles. The summed E-state index contributed by atoms with van der Waals surface area (Å²) in [6, 6.07) is 61.2. The molecule has 0 bridgehead atoms. The maximum Gasteiger partial charge on any atom is 0.476 e. The Morgan fingerprint density at radius 3 is 0.705 bits per heavy atom. The van der Waals surface area contributed by atoms with Crippen LogP contribution in [0.5, 0.6) is 0 Å². The highest BCUT2D eigenvalue weighted by Crippen LogP contribution is 2.23. The predicted molar refractivity (Wildman–Crippen MR) is 184 cm³/mol. The van der Waals surface area contributed by atoms with E-state index in [-0.39, 0.29) is 0 Å². The SMILES string of the molecule is c1ccc(B2O[Si](c3ccccc3)(c3ccccc3)OB(c3ccccc3)O[Si](c3ccccc3)(c3ccccc3)O2)cc1. The molecule has 8 heteroatoms. The van der Waals surface area contributed by atoms with Crippen molar-refractivity contribution in [3.8, 4) is 0 Å². The molecule has 1 fully saturated rings. The summed E-state index contributed by atoms with van der Waals surface area (Å²) in [5.41, 5.74) is 1.79. The van der Waals surface area contributed by atoms with Crippen molar-refractivity contribution in [2.24, 2.45) is 0 Å². The molecular formula is C36H30B2O4Si2. The summed E-state index contributed by atoms with van der Waals surface area (Å²) in [5, 5.41) is 3.87. The van der Waals surface area contributed by atoms with Crippen LogP contribution in [0.25, 0.3) is 0 Å². The molecular weight excluding hydrogens is 574 g/mol. The van der Waals surface area contributed by atoms with E-state index in [1.807, 2.05) is 133 Å². The highest BCUT2D eigenvalue weighted by molar-refractivity contribution is 7.06. The van der Waals surface area contributed by atoms with Crippen LogP contribution in [0.4, 0.5) is 0 Å². The van der Waals surface area contributed by atoms with Gasteiger partial charge in [0, 0.05) is 0 Å². The molecule has 4 nitrogen and oxygen atoms in total. The Labute approximate surface area is 261 Å². The maximum atomic E-state index is 7.44. The lowest BCUT2D eigenvalue weighted by atomic mass is 9.80. The number of hydrogen-bond donors (Lipinski definition) is 0. The van der Waals surface area contributed by atoms with Crippen LogP contribution in [-0.4, -0.2) is 31.4 Å². The van der Waals surface area contributed by atoms with Crippen molar-refractivity contribution in [3.63, 3.8) is 0 Å². The zero-order valence-corrected chi connectivity index (χ0v) is 26.1. The van der Waals surface area contributed by atoms with Gasteiger partial charge in [-0.2, -0.15) is 0 Å². The first-order valence-corrected chi connectivity index (χ1v) is 18.4. The van der Waals surface area contributed by atoms with Gasteiger partial charge in [0.15, 0.2) is 0 Å². The van der Waals surface area contributed by atoms with Crippen molar-refractivity contribution >= 4 is 63.0 Å². The van der Waals surface area contributed by atoms with Gasteiger partial charge in [-0.05, 0) is 31.7 Å². The highest BCUT2D eigenvalue weighted by atomic mass is 28.4. The first-order chi connectivity index (χ1) is 21.8. The van der Waals surface area contributed by atoms with Crippen molar-refractivity contribution in [1.82, 2.24) is 0 Å². The monoisotopic (exact) mass is 604 g/mol. The summed E-state index contributed by atoms with van der Waals surface area (Å²) in [5.74, 6) is 0. The Balaban J connectivity index is 1.51. The molecule has 212 valence electrons. The average molecular weight is 604 g/mol. The Hall–Kier alpha value is -4.28. The van der Waals surface area contributed by atoms with Crippen molar-refractivity contribution in [3.05, 3.63) is 182 Å². The number of hydrogen-bond acceptors (Lipinski definition) is 4. The van der Waals surface area contributed by atoms with Crippen molar-refractivity contribution in [2.45, 2.75) is 0 Å². The van der Waals surface area contributed by atoms with Crippen LogP contribution in [0.2, 0.25) is 0 Å². The molecule has 1 heterocycles. The van der Waals surface area contributed by atoms with Gasteiger partial charge in [-0.3, -0.25) is 0 Å². The Morgan fingerprint density at radius 2 is 0.477 bits per heavy atom. The Bertz CT molecular complexity index is 1540. The van der Waals surface area contributed by atoms with E-state index < -0.39 is 31.4 Å². The molecule has 1 aliphatic heterocycles. The van der Waals surface area contributed by atoms with Crippen molar-refractivity contribution < 1.29 is 17.4 Å². The quantitative estimate of drug-likeness (QED) is 0.274. The molecule has 0 saturated carbocycles. The summed E-state index contributed by atoms with van der Waals surface area (Å²) in [4.78, 5) is 0. The third-order valence-electron chi connectivity index (χ3n) is 7.85. The summed E-state index contributed by atoms with van der Waals surface area (Å²) < 4.78 is 29.7. The molecule has 0 radical (unpaired) electrons. The van der Waals surface area contributed by atoms with Gasteiger partial charge in [0.05, 0.1) is 0 Å². The van der Waals surface area contributed by atoms with E-state index in [0.717, 1.165) is 31.7 Å². The fourth-order valence-electron chi connectivity index (χ4n) is 5.71. The van der Waals surface area contributed by atoms with Crippen LogP contribution in [0.3, 0.4) is 0 Å². The van der Waals surface area contributed by atoms with Gasteiger partial charge in [0.25, 0.3) is 0 Å². The van der Waals surface area contributed by atoms with Gasteiger partial charge in [0.2, 0.25) is 0 Å². The van der Waals surface area contributed by atoms with Crippen molar-refractivity contribution in [2.75, 3.05) is 0 Å². The summed E-state index contributed by atoms with van der Waals surface area (Å²) in [6.45, 7) is 0. The molecule has 0 atom stereocenters. The minimum atomic E-state index is -3.50. The van der Waals surface area contributed by atoms with E-state index in [2.05, 4.69) is 48.5 Å². The molecule has 0 N–H and O–H groups in total. The predicted octanol–water partition coefficient (Wildman–Crippen LogP) is 3.37. The third kappa shape index (κ3) is 5.55. The molecule has 0 spiro atoms. The van der Waals surface area contributed by atoms with Gasteiger partial charge >= 0.3 is 31.4 Å². The molecule has 44 heavy (non-hydrogen) atoms. The number of rotatable bonds is 6. The van der Waals surface area contributed by atoms with Crippen LogP contribution < -0.4 is 31.7 Å². The van der Waals surface area contributed by atoms with Crippen LogP contribution in [-0.2, 0) is 17.4 Å². The first-order valence-electron chi connectivity index (χ1n) is 14.8. The van der Waals surface area contributed by atoms with E-state index >= 15 is 0 Å². The zero-order chi connectivity index (χ0) is 29.7. The minimum Gasteiger partial charge on any atom is -0.423 e. The average Bonchev–Trinajstić information content (AvgIpc) is 3.11. The van der Waals surface area contributed by atoms with E-state index in [4.69, 9.17) is 17.4 Å². The lowest BCUT2D eigenvalue weighted by Gasteiger charge is -2.44. The molecule has 0 amide bonds. The fraction of sp³-hybridized carbons (Fsp3) is 0. The van der Waals surface area contributed by atoms with E-state index in [9.17, 15) is 0 Å². The largest absolute Gasteiger partial charge is 0.476 e. The van der Waals surface area contributed by atoms with Crippen LogP contribution >= 0.6 is 0 Å². The van der Waals surface area contributed by atoms with Gasteiger partial charge in [-0.1, -0.05) is 182 Å². The van der Waals surface area contributed by atoms with Crippen molar-refractivity contribution in [1.29, 1.82) is 0 Å². The van der Waals surface area contributed by atoms with E-state index in [1.54, 1.807) is 0 Å². The standard InChI is InChI=1S/C36H30B2O4Si2/c1-7-19-31(20-8-1)37-39-43(33-23-11-3-12-24-33,34-25-13-4-14-26-34)41-38(32-21-9-2-10-22-32)42-44(40-37,35-27-15-5-16-28-35)36-29-17-6-18-30-36/h1-30H. The molecule has 0 unspecified atom stereocenters. The van der Waals surface area contributed by atoms with E-state index in [0.29, 0.717) is 0 Å². The van der Waals surface area contributed by atoms with E-state index in [1.165, 1.54) is 0 Å².